The molecule has 0 bridgehead atoms. The van der Waals surface area contributed by atoms with Gasteiger partial charge in [0.1, 0.15) is 5.75 Å². The fraction of sp³-hybridized carbons (Fsp3) is 0.105. The van der Waals surface area contributed by atoms with Gasteiger partial charge in [-0.25, -0.2) is 4.98 Å². The Morgan fingerprint density at radius 1 is 1.20 bits per heavy atom. The number of nitriles is 1. The van der Waals surface area contributed by atoms with Crippen molar-refractivity contribution in [3.05, 3.63) is 65.5 Å². The van der Waals surface area contributed by atoms with Crippen LogP contribution in [-0.2, 0) is 4.79 Å². The van der Waals surface area contributed by atoms with E-state index in [0.717, 1.165) is 11.3 Å². The topological polar surface area (TPSA) is 75.0 Å². The standard InChI is InChI=1S/C19H15N3O2S/c1-13(24-16-9-7-14(11-20)8-10-16)18(23)22-19-21-17(12-25-19)15-5-3-2-4-6-15/h2-10,12-13H,1H3,(H,21,22,23)/t13-/m0/s1. The summed E-state index contributed by atoms with van der Waals surface area (Å²) in [4.78, 5) is 16.7. The van der Waals surface area contributed by atoms with Crippen LogP contribution in [0.3, 0.4) is 0 Å². The zero-order valence-corrected chi connectivity index (χ0v) is 14.3. The maximum Gasteiger partial charge on any atom is 0.266 e. The van der Waals surface area contributed by atoms with Crippen molar-refractivity contribution in [2.45, 2.75) is 13.0 Å². The summed E-state index contributed by atoms with van der Waals surface area (Å²) in [5.41, 5.74) is 2.36. The Balaban J connectivity index is 1.61. The molecule has 0 aliphatic rings. The minimum atomic E-state index is -0.683. The number of ether oxygens (including phenoxy) is 1. The van der Waals surface area contributed by atoms with Gasteiger partial charge in [-0.2, -0.15) is 5.26 Å². The van der Waals surface area contributed by atoms with E-state index in [0.29, 0.717) is 16.4 Å². The summed E-state index contributed by atoms with van der Waals surface area (Å²) in [5.74, 6) is 0.254. The molecule has 1 aromatic heterocycles. The monoisotopic (exact) mass is 349 g/mol. The van der Waals surface area contributed by atoms with Gasteiger partial charge in [0, 0.05) is 10.9 Å². The molecule has 5 nitrogen and oxygen atoms in total. The summed E-state index contributed by atoms with van der Waals surface area (Å²) in [7, 11) is 0. The molecule has 6 heteroatoms. The summed E-state index contributed by atoms with van der Waals surface area (Å²) in [6, 6.07) is 18.4. The number of anilines is 1. The first kappa shape index (κ1) is 16.7. The first-order chi connectivity index (χ1) is 12.2. The van der Waals surface area contributed by atoms with Crippen LogP contribution in [0.1, 0.15) is 12.5 Å². The van der Waals surface area contributed by atoms with Crippen LogP contribution >= 0.6 is 11.3 Å². The quantitative estimate of drug-likeness (QED) is 0.753. The molecule has 25 heavy (non-hydrogen) atoms. The van der Waals surface area contributed by atoms with Crippen molar-refractivity contribution in [3.63, 3.8) is 0 Å². The van der Waals surface area contributed by atoms with E-state index in [2.05, 4.69) is 10.3 Å². The van der Waals surface area contributed by atoms with Crippen LogP contribution in [0.2, 0.25) is 0 Å². The number of nitrogens with zero attached hydrogens (tertiary/aromatic N) is 2. The summed E-state index contributed by atoms with van der Waals surface area (Å²) < 4.78 is 5.59. The van der Waals surface area contributed by atoms with E-state index in [4.69, 9.17) is 10.00 Å². The average Bonchev–Trinajstić information content (AvgIpc) is 3.11. The minimum absolute atomic E-state index is 0.279. The van der Waals surface area contributed by atoms with Crippen LogP contribution in [0.15, 0.2) is 60.0 Å². The molecule has 1 amide bonds. The SMILES string of the molecule is C[C@H](Oc1ccc(C#N)cc1)C(=O)Nc1nc(-c2ccccc2)cs1. The van der Waals surface area contributed by atoms with E-state index in [-0.39, 0.29) is 5.91 Å². The van der Waals surface area contributed by atoms with E-state index in [9.17, 15) is 4.79 Å². The van der Waals surface area contributed by atoms with Gasteiger partial charge in [-0.15, -0.1) is 11.3 Å². The lowest BCUT2D eigenvalue weighted by Crippen LogP contribution is -2.30. The molecule has 0 saturated carbocycles. The molecule has 0 radical (unpaired) electrons. The average molecular weight is 349 g/mol. The zero-order valence-electron chi connectivity index (χ0n) is 13.5. The summed E-state index contributed by atoms with van der Waals surface area (Å²) >= 11 is 1.37. The first-order valence-corrected chi connectivity index (χ1v) is 8.52. The molecule has 0 fully saturated rings. The van der Waals surface area contributed by atoms with E-state index in [1.807, 2.05) is 41.8 Å². The number of benzene rings is 2. The van der Waals surface area contributed by atoms with Gasteiger partial charge in [0.05, 0.1) is 17.3 Å². The van der Waals surface area contributed by atoms with E-state index in [1.165, 1.54) is 11.3 Å². The highest BCUT2D eigenvalue weighted by Gasteiger charge is 2.16. The Kier molecular flexibility index (Phi) is 5.07. The van der Waals surface area contributed by atoms with Crippen molar-refractivity contribution in [1.82, 2.24) is 4.98 Å². The molecule has 124 valence electrons. The number of carbonyl (C=O) groups is 1. The highest BCUT2D eigenvalue weighted by molar-refractivity contribution is 7.14. The molecule has 0 aliphatic heterocycles. The molecule has 1 heterocycles. The molecule has 0 unspecified atom stereocenters. The molecule has 3 rings (SSSR count). The van der Waals surface area contributed by atoms with E-state index in [1.54, 1.807) is 31.2 Å². The van der Waals surface area contributed by atoms with E-state index >= 15 is 0 Å². The lowest BCUT2D eigenvalue weighted by molar-refractivity contribution is -0.122. The molecule has 1 N–H and O–H groups in total. The van der Waals surface area contributed by atoms with Crippen LogP contribution in [0.4, 0.5) is 5.13 Å². The van der Waals surface area contributed by atoms with Crippen LogP contribution < -0.4 is 10.1 Å². The smallest absolute Gasteiger partial charge is 0.266 e. The number of nitrogens with one attached hydrogen (secondary N) is 1. The second kappa shape index (κ2) is 7.60. The number of amides is 1. The van der Waals surface area contributed by atoms with Crippen molar-refractivity contribution >= 4 is 22.4 Å². The van der Waals surface area contributed by atoms with Crippen molar-refractivity contribution in [1.29, 1.82) is 5.26 Å². The van der Waals surface area contributed by atoms with Gasteiger partial charge in [0.25, 0.3) is 5.91 Å². The third-order valence-corrected chi connectivity index (χ3v) is 4.23. The van der Waals surface area contributed by atoms with Gasteiger partial charge in [0.2, 0.25) is 0 Å². The fourth-order valence-electron chi connectivity index (χ4n) is 2.15. The number of hydrogen-bond donors (Lipinski definition) is 1. The summed E-state index contributed by atoms with van der Waals surface area (Å²) in [6.07, 6.45) is -0.683. The van der Waals surface area contributed by atoms with Crippen molar-refractivity contribution in [2.24, 2.45) is 0 Å². The van der Waals surface area contributed by atoms with Crippen LogP contribution in [0, 0.1) is 11.3 Å². The lowest BCUT2D eigenvalue weighted by atomic mass is 10.2. The maximum atomic E-state index is 12.3. The van der Waals surface area contributed by atoms with Gasteiger partial charge in [0.15, 0.2) is 11.2 Å². The van der Waals surface area contributed by atoms with Crippen molar-refractivity contribution in [3.8, 4) is 23.1 Å². The molecular weight excluding hydrogens is 334 g/mol. The third-order valence-electron chi connectivity index (χ3n) is 3.47. The second-order valence-corrected chi connectivity index (χ2v) is 6.15. The number of carbonyl (C=O) groups excluding carboxylic acids is 1. The fourth-order valence-corrected chi connectivity index (χ4v) is 2.87. The Morgan fingerprint density at radius 2 is 1.92 bits per heavy atom. The Bertz CT molecular complexity index is 898. The Hall–Kier alpha value is -3.17. The molecular formula is C19H15N3O2S. The molecule has 2 aromatic carbocycles. The largest absolute Gasteiger partial charge is 0.481 e. The normalized spacial score (nSPS) is 11.4. The third kappa shape index (κ3) is 4.22. The van der Waals surface area contributed by atoms with Gasteiger partial charge >= 0.3 is 0 Å². The van der Waals surface area contributed by atoms with Crippen molar-refractivity contribution < 1.29 is 9.53 Å². The predicted molar refractivity (Wildman–Crippen MR) is 97.4 cm³/mol. The number of aromatic nitrogens is 1. The second-order valence-electron chi connectivity index (χ2n) is 5.29. The molecule has 0 aliphatic carbocycles. The molecule has 3 aromatic rings. The lowest BCUT2D eigenvalue weighted by Gasteiger charge is -2.13. The van der Waals surface area contributed by atoms with Gasteiger partial charge < -0.3 is 4.74 Å². The summed E-state index contributed by atoms with van der Waals surface area (Å²) in [6.45, 7) is 1.67. The van der Waals surface area contributed by atoms with Crippen LogP contribution in [0.5, 0.6) is 5.75 Å². The zero-order chi connectivity index (χ0) is 17.6. The maximum absolute atomic E-state index is 12.3. The van der Waals surface area contributed by atoms with Gasteiger partial charge in [-0.05, 0) is 31.2 Å². The molecule has 1 atom stereocenters. The first-order valence-electron chi connectivity index (χ1n) is 7.64. The highest BCUT2D eigenvalue weighted by Crippen LogP contribution is 2.24. The number of hydrogen-bond acceptors (Lipinski definition) is 5. The van der Waals surface area contributed by atoms with E-state index < -0.39 is 6.10 Å². The highest BCUT2D eigenvalue weighted by atomic mass is 32.1. The molecule has 0 spiro atoms. The van der Waals surface area contributed by atoms with Crippen molar-refractivity contribution in [2.75, 3.05) is 5.32 Å². The minimum Gasteiger partial charge on any atom is -0.481 e. The van der Waals surface area contributed by atoms with Gasteiger partial charge in [-0.3, -0.25) is 10.1 Å². The Labute approximate surface area is 149 Å². The number of thiazole rings is 1. The summed E-state index contributed by atoms with van der Waals surface area (Å²) in [5, 5.41) is 14.0. The predicted octanol–water partition coefficient (Wildman–Crippen LogP) is 4.09. The Morgan fingerprint density at radius 3 is 2.60 bits per heavy atom. The van der Waals surface area contributed by atoms with Crippen LogP contribution in [0.25, 0.3) is 11.3 Å². The van der Waals surface area contributed by atoms with Crippen LogP contribution in [-0.4, -0.2) is 17.0 Å². The molecule has 0 saturated heterocycles. The van der Waals surface area contributed by atoms with Gasteiger partial charge in [-0.1, -0.05) is 30.3 Å². The number of rotatable bonds is 5.